The maximum Gasteiger partial charge on any atom is 0.0854 e. The lowest BCUT2D eigenvalue weighted by molar-refractivity contribution is 0.910. The summed E-state index contributed by atoms with van der Waals surface area (Å²) in [6, 6.07) is 0. The molecule has 0 radical (unpaired) electrons. The van der Waals surface area contributed by atoms with Crippen molar-refractivity contribution in [2.45, 2.75) is 34.1 Å². The first-order valence-corrected chi connectivity index (χ1v) is 8.81. The Kier molecular flexibility index (Phi) is 12.2. The molecule has 0 rings (SSSR count). The van der Waals surface area contributed by atoms with E-state index in [1.165, 1.54) is 5.57 Å². The van der Waals surface area contributed by atoms with Crippen LogP contribution in [0.3, 0.4) is 0 Å². The second-order valence-corrected chi connectivity index (χ2v) is 5.84. The van der Waals surface area contributed by atoms with E-state index in [4.69, 9.17) is 0 Å². The normalized spacial score (nSPS) is 14.2. The first kappa shape index (κ1) is 23.3. The summed E-state index contributed by atoms with van der Waals surface area (Å²) in [5.41, 5.74) is 5.79. The van der Waals surface area contributed by atoms with Crippen molar-refractivity contribution in [3.8, 4) is 0 Å². The fourth-order valence-electron chi connectivity index (χ4n) is 1.93. The van der Waals surface area contributed by atoms with E-state index < -0.39 is 0 Å². The summed E-state index contributed by atoms with van der Waals surface area (Å²) in [6.07, 6.45) is 14.4. The maximum absolute atomic E-state index is 4.58. The van der Waals surface area contributed by atoms with E-state index in [-0.39, 0.29) is 0 Å². The summed E-state index contributed by atoms with van der Waals surface area (Å²) in [5.74, 6) is 0. The predicted molar refractivity (Wildman–Crippen MR) is 119 cm³/mol. The summed E-state index contributed by atoms with van der Waals surface area (Å²) >= 11 is 0. The van der Waals surface area contributed by atoms with Crippen LogP contribution in [0.5, 0.6) is 0 Å². The lowest BCUT2D eigenvalue weighted by Crippen LogP contribution is -2.20. The molecular weight excluding hydrogens is 318 g/mol. The predicted octanol–water partition coefficient (Wildman–Crippen LogP) is 5.74. The lowest BCUT2D eigenvalue weighted by atomic mass is 10.0. The van der Waals surface area contributed by atoms with Gasteiger partial charge in [-0.05, 0) is 50.5 Å². The van der Waals surface area contributed by atoms with E-state index in [1.807, 2.05) is 38.2 Å². The fraction of sp³-hybridized carbons (Fsp3) is 0.304. The van der Waals surface area contributed by atoms with Gasteiger partial charge in [0.05, 0.1) is 11.4 Å². The number of nitrogens with one attached hydrogen (secondary N) is 1. The van der Waals surface area contributed by atoms with Crippen molar-refractivity contribution in [1.82, 2.24) is 5.32 Å². The molecule has 0 bridgehead atoms. The van der Waals surface area contributed by atoms with Crippen molar-refractivity contribution in [3.05, 3.63) is 84.3 Å². The van der Waals surface area contributed by atoms with Crippen molar-refractivity contribution in [2.75, 3.05) is 13.6 Å². The lowest BCUT2D eigenvalue weighted by Gasteiger charge is -2.10. The minimum atomic E-state index is 0.689. The fourth-order valence-corrected chi connectivity index (χ4v) is 1.93. The Morgan fingerprint density at radius 3 is 2.35 bits per heavy atom. The van der Waals surface area contributed by atoms with E-state index in [9.17, 15) is 0 Å². The second kappa shape index (κ2) is 13.6. The summed E-state index contributed by atoms with van der Waals surface area (Å²) < 4.78 is 0. The molecule has 0 aliphatic carbocycles. The summed E-state index contributed by atoms with van der Waals surface area (Å²) in [7, 11) is 1.73. The van der Waals surface area contributed by atoms with Crippen LogP contribution in [0, 0.1) is 0 Å². The third-order valence-electron chi connectivity index (χ3n) is 3.58. The molecule has 3 nitrogen and oxygen atoms in total. The molecule has 0 aromatic rings. The Bertz CT molecular complexity index is 680. The molecule has 26 heavy (non-hydrogen) atoms. The average Bonchev–Trinajstić information content (AvgIpc) is 2.64. The third-order valence-corrected chi connectivity index (χ3v) is 3.58. The topological polar surface area (TPSA) is 36.8 Å². The highest BCUT2D eigenvalue weighted by Gasteiger charge is 2.01. The standard InChI is InChI=1S/C23H33N3/c1-9-12-23(26-20(6)15-16-24-8)21(7)25-17-18(4)13-14-22(11-3)19(5)10-2/h9,11-16,25H,3,5,7,10,17H2,1-2,4,6,8H3/b12-9-,18-13+,20-15+,22-14+,24-16?,26-23+. The molecule has 0 aliphatic rings. The van der Waals surface area contributed by atoms with Crippen LogP contribution in [0.15, 0.2) is 94.3 Å². The molecule has 3 heteroatoms. The van der Waals surface area contributed by atoms with Gasteiger partial charge in [-0.2, -0.15) is 0 Å². The van der Waals surface area contributed by atoms with Gasteiger partial charge in [-0.15, -0.1) is 0 Å². The summed E-state index contributed by atoms with van der Waals surface area (Å²) in [5, 5.41) is 3.33. The van der Waals surface area contributed by atoms with Gasteiger partial charge in [-0.1, -0.05) is 56.5 Å². The number of hydrogen-bond donors (Lipinski definition) is 1. The zero-order valence-electron chi connectivity index (χ0n) is 17.0. The highest BCUT2D eigenvalue weighted by molar-refractivity contribution is 6.08. The highest BCUT2D eigenvalue weighted by Crippen LogP contribution is 2.13. The number of hydrogen-bond acceptors (Lipinski definition) is 3. The van der Waals surface area contributed by atoms with Crippen LogP contribution >= 0.6 is 0 Å². The molecule has 0 saturated heterocycles. The zero-order valence-corrected chi connectivity index (χ0v) is 17.0. The van der Waals surface area contributed by atoms with Crippen molar-refractivity contribution < 1.29 is 0 Å². The van der Waals surface area contributed by atoms with Gasteiger partial charge < -0.3 is 5.32 Å². The maximum atomic E-state index is 4.58. The molecule has 0 aromatic carbocycles. The Morgan fingerprint density at radius 1 is 1.12 bits per heavy atom. The molecule has 0 spiro atoms. The van der Waals surface area contributed by atoms with Gasteiger partial charge in [0.2, 0.25) is 0 Å². The summed E-state index contributed by atoms with van der Waals surface area (Å²) in [4.78, 5) is 8.53. The van der Waals surface area contributed by atoms with Gasteiger partial charge >= 0.3 is 0 Å². The first-order valence-electron chi connectivity index (χ1n) is 8.81. The van der Waals surface area contributed by atoms with Crippen molar-refractivity contribution in [2.24, 2.45) is 9.98 Å². The van der Waals surface area contributed by atoms with Crippen molar-refractivity contribution >= 4 is 11.9 Å². The molecule has 0 unspecified atom stereocenters. The SMILES string of the molecule is C=C/C(=C\C=C(/C)CNC(=C)C(/C=C\C)=N/C(C)=C/C=NC)C(=C)CC. The van der Waals surface area contributed by atoms with Gasteiger partial charge in [-0.3, -0.25) is 9.98 Å². The molecule has 1 N–H and O–H groups in total. The monoisotopic (exact) mass is 351 g/mol. The van der Waals surface area contributed by atoms with Crippen LogP contribution in [0.1, 0.15) is 34.1 Å². The second-order valence-electron chi connectivity index (χ2n) is 5.84. The van der Waals surface area contributed by atoms with Crippen LogP contribution in [-0.2, 0) is 0 Å². The summed E-state index contributed by atoms with van der Waals surface area (Å²) in [6.45, 7) is 20.8. The third kappa shape index (κ3) is 9.58. The Balaban J connectivity index is 5.10. The highest BCUT2D eigenvalue weighted by atomic mass is 14.9. The largest absolute Gasteiger partial charge is 0.380 e. The van der Waals surface area contributed by atoms with Crippen molar-refractivity contribution in [1.29, 1.82) is 0 Å². The van der Waals surface area contributed by atoms with Gasteiger partial charge in [0.25, 0.3) is 0 Å². The van der Waals surface area contributed by atoms with Crippen LogP contribution < -0.4 is 5.32 Å². The molecule has 140 valence electrons. The van der Waals surface area contributed by atoms with Gasteiger partial charge in [0.1, 0.15) is 0 Å². The molecule has 0 amide bonds. The van der Waals surface area contributed by atoms with E-state index in [0.717, 1.165) is 34.7 Å². The van der Waals surface area contributed by atoms with Crippen LogP contribution in [0.4, 0.5) is 0 Å². The molecule has 0 heterocycles. The molecular formula is C23H33N3. The number of allylic oxidation sites excluding steroid dienone is 9. The Labute approximate surface area is 159 Å². The van der Waals surface area contributed by atoms with E-state index in [0.29, 0.717) is 6.54 Å². The number of nitrogens with zero attached hydrogens (tertiary/aromatic N) is 2. The van der Waals surface area contributed by atoms with Crippen LogP contribution in [0.25, 0.3) is 0 Å². The van der Waals surface area contributed by atoms with Gasteiger partial charge in [0.15, 0.2) is 0 Å². The molecule has 0 atom stereocenters. The first-order chi connectivity index (χ1) is 12.4. The van der Waals surface area contributed by atoms with Gasteiger partial charge in [-0.25, -0.2) is 0 Å². The number of aliphatic imine (C=N–C) groups is 2. The van der Waals surface area contributed by atoms with E-state index in [2.05, 4.69) is 61.0 Å². The van der Waals surface area contributed by atoms with E-state index >= 15 is 0 Å². The zero-order chi connectivity index (χ0) is 19.9. The molecule has 0 fully saturated rings. The van der Waals surface area contributed by atoms with E-state index in [1.54, 1.807) is 13.3 Å². The smallest absolute Gasteiger partial charge is 0.0854 e. The molecule has 0 saturated carbocycles. The number of rotatable bonds is 11. The Hall–Kier alpha value is -2.68. The molecule has 0 aliphatic heterocycles. The van der Waals surface area contributed by atoms with Crippen LogP contribution in [-0.4, -0.2) is 25.5 Å². The van der Waals surface area contributed by atoms with Gasteiger partial charge in [0, 0.05) is 25.5 Å². The minimum Gasteiger partial charge on any atom is -0.380 e. The average molecular weight is 352 g/mol. The molecule has 0 aromatic heterocycles. The quantitative estimate of drug-likeness (QED) is 0.374. The van der Waals surface area contributed by atoms with Crippen molar-refractivity contribution in [3.63, 3.8) is 0 Å². The Morgan fingerprint density at radius 2 is 1.81 bits per heavy atom. The minimum absolute atomic E-state index is 0.689. The van der Waals surface area contributed by atoms with Crippen LogP contribution in [0.2, 0.25) is 0 Å².